The molecular formula is C34H60N2O7. The summed E-state index contributed by atoms with van der Waals surface area (Å²) in [4.78, 5) is 29.2. The number of hydrogen-bond acceptors (Lipinski definition) is 7. The molecular weight excluding hydrogens is 548 g/mol. The van der Waals surface area contributed by atoms with Crippen LogP contribution in [0.5, 0.6) is 0 Å². The third kappa shape index (κ3) is 10.7. The molecule has 0 aliphatic heterocycles. The first-order valence-electron chi connectivity index (χ1n) is 17.3. The number of carbonyl (C=O) groups is 2. The summed E-state index contributed by atoms with van der Waals surface area (Å²) < 4.78 is 12.7. The van der Waals surface area contributed by atoms with Crippen LogP contribution in [0.15, 0.2) is 0 Å². The largest absolute Gasteiger partial charge is 0.481 e. The molecule has 0 aromatic carbocycles. The number of carbonyl (C=O) groups excluding carboxylic acids is 1. The molecule has 4 aliphatic carbocycles. The molecule has 43 heavy (non-hydrogen) atoms. The van der Waals surface area contributed by atoms with Gasteiger partial charge >= 0.3 is 5.97 Å². The van der Waals surface area contributed by atoms with Gasteiger partial charge in [0.15, 0.2) is 0 Å². The van der Waals surface area contributed by atoms with Crippen LogP contribution in [0.1, 0.15) is 118 Å². The molecule has 0 saturated heterocycles. The highest BCUT2D eigenvalue weighted by atomic mass is 17.1. The minimum atomic E-state index is -0.839. The van der Waals surface area contributed by atoms with Crippen molar-refractivity contribution >= 4 is 11.9 Å². The van der Waals surface area contributed by atoms with Gasteiger partial charge in [-0.25, -0.2) is 4.89 Å². The van der Waals surface area contributed by atoms with E-state index in [1.807, 2.05) is 0 Å². The zero-order valence-corrected chi connectivity index (χ0v) is 27.2. The second-order valence-electron chi connectivity index (χ2n) is 15.5. The molecule has 6 unspecified atom stereocenters. The predicted octanol–water partition coefficient (Wildman–Crippen LogP) is 5.81. The molecule has 248 valence electrons. The van der Waals surface area contributed by atoms with Crippen LogP contribution in [0.4, 0.5) is 0 Å². The molecule has 0 heterocycles. The van der Waals surface area contributed by atoms with E-state index < -0.39 is 17.8 Å². The average Bonchev–Trinajstić information content (AvgIpc) is 2.98. The van der Waals surface area contributed by atoms with Gasteiger partial charge in [-0.15, -0.1) is 0 Å². The van der Waals surface area contributed by atoms with Gasteiger partial charge < -0.3 is 25.2 Å². The fourth-order valence-corrected chi connectivity index (χ4v) is 8.08. The maximum absolute atomic E-state index is 12.9. The fourth-order valence-electron chi connectivity index (χ4n) is 8.08. The standard InChI is InChI=1S/C34H60N2O7/c1-22-6-16-31(24(17-22)19-43-40)35-25-7-11-27(12-8-25)41-20-34(3,4)21-42-28-13-9-26(10-14-28)36-32(37)29-15-5-23(2)18-30(29)33(38)39/h22-31,35,40H,5-21H2,1-4H3,(H,36,37)(H,38,39). The maximum Gasteiger partial charge on any atom is 0.307 e. The first kappa shape index (κ1) is 34.6. The number of carboxylic acid groups (broad SMARTS) is 1. The molecule has 4 aliphatic rings. The highest BCUT2D eigenvalue weighted by molar-refractivity contribution is 5.85. The van der Waals surface area contributed by atoms with E-state index in [4.69, 9.17) is 14.7 Å². The van der Waals surface area contributed by atoms with Crippen molar-refractivity contribution in [3.05, 3.63) is 0 Å². The molecule has 6 atom stereocenters. The van der Waals surface area contributed by atoms with Gasteiger partial charge in [0.05, 0.1) is 43.9 Å². The minimum absolute atomic E-state index is 0.0690. The van der Waals surface area contributed by atoms with Crippen molar-refractivity contribution in [1.82, 2.24) is 10.6 Å². The van der Waals surface area contributed by atoms with E-state index in [2.05, 4.69) is 43.2 Å². The van der Waals surface area contributed by atoms with Crippen LogP contribution in [0.3, 0.4) is 0 Å². The fraction of sp³-hybridized carbons (Fsp3) is 0.941. The summed E-state index contributed by atoms with van der Waals surface area (Å²) in [5.41, 5.74) is -0.0690. The van der Waals surface area contributed by atoms with E-state index in [1.165, 1.54) is 6.42 Å². The summed E-state index contributed by atoms with van der Waals surface area (Å²) in [5, 5.41) is 25.7. The molecule has 1 amide bonds. The lowest BCUT2D eigenvalue weighted by Crippen LogP contribution is -2.48. The molecule has 4 saturated carbocycles. The Bertz CT molecular complexity index is 869. The van der Waals surface area contributed by atoms with Crippen LogP contribution in [0, 0.1) is 35.0 Å². The summed E-state index contributed by atoms with van der Waals surface area (Å²) in [7, 11) is 0. The first-order valence-corrected chi connectivity index (χ1v) is 17.3. The molecule has 0 bridgehead atoms. The van der Waals surface area contributed by atoms with E-state index in [0.717, 1.165) is 70.6 Å². The van der Waals surface area contributed by atoms with E-state index in [0.29, 0.717) is 68.6 Å². The third-order valence-corrected chi connectivity index (χ3v) is 10.9. The molecule has 9 nitrogen and oxygen atoms in total. The van der Waals surface area contributed by atoms with Crippen molar-refractivity contribution in [2.45, 2.75) is 148 Å². The molecule has 4 fully saturated rings. The quantitative estimate of drug-likeness (QED) is 0.153. The topological polar surface area (TPSA) is 126 Å². The number of ether oxygens (including phenoxy) is 2. The Morgan fingerprint density at radius 3 is 1.88 bits per heavy atom. The van der Waals surface area contributed by atoms with Crippen LogP contribution >= 0.6 is 0 Å². The second-order valence-corrected chi connectivity index (χ2v) is 15.5. The van der Waals surface area contributed by atoms with E-state index in [9.17, 15) is 14.7 Å². The first-order chi connectivity index (χ1) is 20.5. The number of amides is 1. The Hall–Kier alpha value is -1.26. The third-order valence-electron chi connectivity index (χ3n) is 10.9. The summed E-state index contributed by atoms with van der Waals surface area (Å²) in [6.45, 7) is 10.5. The molecule has 4 rings (SSSR count). The maximum atomic E-state index is 12.9. The van der Waals surface area contributed by atoms with Crippen molar-refractivity contribution in [2.75, 3.05) is 19.8 Å². The molecule has 4 N–H and O–H groups in total. The van der Waals surface area contributed by atoms with Crippen LogP contribution < -0.4 is 10.6 Å². The monoisotopic (exact) mass is 608 g/mol. The van der Waals surface area contributed by atoms with Gasteiger partial charge in [0.1, 0.15) is 0 Å². The van der Waals surface area contributed by atoms with E-state index in [-0.39, 0.29) is 23.5 Å². The zero-order valence-electron chi connectivity index (χ0n) is 27.2. The number of aliphatic carboxylic acids is 1. The van der Waals surface area contributed by atoms with Gasteiger partial charge in [0.2, 0.25) is 5.91 Å². The van der Waals surface area contributed by atoms with Gasteiger partial charge in [-0.3, -0.25) is 14.8 Å². The van der Waals surface area contributed by atoms with Gasteiger partial charge in [-0.1, -0.05) is 27.7 Å². The van der Waals surface area contributed by atoms with Crippen molar-refractivity contribution in [3.63, 3.8) is 0 Å². The van der Waals surface area contributed by atoms with Crippen LogP contribution in [-0.2, 0) is 24.0 Å². The summed E-state index contributed by atoms with van der Waals surface area (Å²) in [5.74, 6) is -0.440. The Balaban J connectivity index is 1.09. The second kappa shape index (κ2) is 16.3. The van der Waals surface area contributed by atoms with Crippen molar-refractivity contribution in [1.29, 1.82) is 0 Å². The van der Waals surface area contributed by atoms with E-state index in [1.54, 1.807) is 0 Å². The van der Waals surface area contributed by atoms with Crippen LogP contribution in [0.25, 0.3) is 0 Å². The number of carboxylic acids is 1. The summed E-state index contributed by atoms with van der Waals surface area (Å²) in [6.07, 6.45) is 14.1. The number of rotatable bonds is 13. The number of hydrogen-bond donors (Lipinski definition) is 4. The van der Waals surface area contributed by atoms with Gasteiger partial charge in [-0.05, 0) is 102 Å². The molecule has 0 radical (unpaired) electrons. The lowest BCUT2D eigenvalue weighted by molar-refractivity contribution is -0.254. The number of nitrogens with one attached hydrogen (secondary N) is 2. The van der Waals surface area contributed by atoms with Crippen molar-refractivity contribution < 1.29 is 34.3 Å². The molecule has 9 heteroatoms. The highest BCUT2D eigenvalue weighted by Crippen LogP contribution is 2.35. The summed E-state index contributed by atoms with van der Waals surface area (Å²) >= 11 is 0. The Morgan fingerprint density at radius 1 is 0.744 bits per heavy atom. The molecule has 0 spiro atoms. The van der Waals surface area contributed by atoms with Crippen LogP contribution in [0.2, 0.25) is 0 Å². The SMILES string of the molecule is CC1CCC(NC2CCC(OCC(C)(C)COC3CCC(NC(=O)C4CCC(C)CC4C(=O)O)CC3)CC2)C(COO)C1. The molecule has 0 aromatic rings. The Morgan fingerprint density at radius 2 is 1.30 bits per heavy atom. The average molecular weight is 609 g/mol. The Labute approximate surface area is 259 Å². The van der Waals surface area contributed by atoms with Gasteiger partial charge in [0, 0.05) is 29.5 Å². The normalized spacial score (nSPS) is 37.5. The minimum Gasteiger partial charge on any atom is -0.481 e. The van der Waals surface area contributed by atoms with Gasteiger partial charge in [0.25, 0.3) is 0 Å². The zero-order chi connectivity index (χ0) is 31.0. The van der Waals surface area contributed by atoms with Crippen molar-refractivity contribution in [2.24, 2.45) is 35.0 Å². The smallest absolute Gasteiger partial charge is 0.307 e. The summed E-state index contributed by atoms with van der Waals surface area (Å²) in [6, 6.07) is 1.05. The van der Waals surface area contributed by atoms with E-state index >= 15 is 0 Å². The highest BCUT2D eigenvalue weighted by Gasteiger charge is 2.39. The lowest BCUT2D eigenvalue weighted by Gasteiger charge is -2.39. The van der Waals surface area contributed by atoms with Crippen molar-refractivity contribution in [3.8, 4) is 0 Å². The molecule has 0 aromatic heterocycles. The Kier molecular flexibility index (Phi) is 13.2. The predicted molar refractivity (Wildman–Crippen MR) is 166 cm³/mol. The van der Waals surface area contributed by atoms with Gasteiger partial charge in [-0.2, -0.15) is 0 Å². The van der Waals surface area contributed by atoms with Crippen LogP contribution in [-0.4, -0.2) is 72.4 Å². The lowest BCUT2D eigenvalue weighted by atomic mass is 9.74.